The minimum absolute atomic E-state index is 0.0877. The minimum Gasteiger partial charge on any atom is -0.465 e. The molecule has 2 N–H and O–H groups in total. The van der Waals surface area contributed by atoms with E-state index in [-0.39, 0.29) is 17.0 Å². The van der Waals surface area contributed by atoms with Gasteiger partial charge >= 0.3 is 5.97 Å². The Morgan fingerprint density at radius 2 is 2.07 bits per heavy atom. The van der Waals surface area contributed by atoms with E-state index in [0.717, 1.165) is 25.7 Å². The first-order valence-electron chi connectivity index (χ1n) is 5.68. The normalized spacial score (nSPS) is 39.1. The Labute approximate surface area is 90.1 Å². The summed E-state index contributed by atoms with van der Waals surface area (Å²) in [7, 11) is 0. The van der Waals surface area contributed by atoms with Gasteiger partial charge in [-0.05, 0) is 32.6 Å². The summed E-state index contributed by atoms with van der Waals surface area (Å²) in [4.78, 5) is 11.8. The molecule has 2 bridgehead atoms. The molecule has 0 spiro atoms. The number of hydrogen-bond donors (Lipinski definition) is 1. The molecule has 0 aromatic rings. The number of carbonyl (C=O) groups excluding carboxylic acids is 1. The van der Waals surface area contributed by atoms with Gasteiger partial charge in [0, 0.05) is 6.54 Å². The Bertz CT molecular complexity index is 240. The summed E-state index contributed by atoms with van der Waals surface area (Å²) in [6.07, 6.45) is 3.51. The lowest BCUT2D eigenvalue weighted by Crippen LogP contribution is -2.57. The summed E-state index contributed by atoms with van der Waals surface area (Å²) in [6.45, 7) is 3.34. The van der Waals surface area contributed by atoms with Crippen LogP contribution in [0.15, 0.2) is 0 Å². The van der Waals surface area contributed by atoms with Crippen LogP contribution >= 0.6 is 0 Å². The number of rotatable bonds is 3. The van der Waals surface area contributed by atoms with Gasteiger partial charge in [-0.15, -0.1) is 0 Å². The molecule has 15 heavy (non-hydrogen) atoms. The molecule has 0 radical (unpaired) electrons. The molecule has 0 aromatic carbocycles. The van der Waals surface area contributed by atoms with Gasteiger partial charge in [-0.2, -0.15) is 0 Å². The number of nitrogens with two attached hydrogens (primary N) is 1. The molecule has 1 aliphatic carbocycles. The van der Waals surface area contributed by atoms with Crippen LogP contribution in [0.2, 0.25) is 0 Å². The van der Waals surface area contributed by atoms with Gasteiger partial charge in [0.15, 0.2) is 0 Å². The van der Waals surface area contributed by atoms with Gasteiger partial charge in [-0.25, -0.2) is 0 Å². The number of hydrogen-bond acceptors (Lipinski definition) is 4. The van der Waals surface area contributed by atoms with Gasteiger partial charge in [-0.3, -0.25) is 4.79 Å². The largest absolute Gasteiger partial charge is 0.465 e. The van der Waals surface area contributed by atoms with Crippen molar-refractivity contribution in [3.8, 4) is 0 Å². The molecule has 2 heterocycles. The first kappa shape index (κ1) is 10.9. The predicted octanol–water partition coefficient (Wildman–Crippen LogP) is 0.838. The van der Waals surface area contributed by atoms with Crippen molar-refractivity contribution in [3.05, 3.63) is 0 Å². The first-order chi connectivity index (χ1) is 7.16. The highest BCUT2D eigenvalue weighted by atomic mass is 16.5. The minimum atomic E-state index is -0.368. The Balaban J connectivity index is 2.06. The molecule has 1 saturated carbocycles. The van der Waals surface area contributed by atoms with Crippen LogP contribution < -0.4 is 5.73 Å². The first-order valence-corrected chi connectivity index (χ1v) is 5.68. The molecule has 0 aromatic heterocycles. The molecule has 3 rings (SSSR count). The lowest BCUT2D eigenvalue weighted by atomic mass is 9.66. The lowest BCUT2D eigenvalue weighted by Gasteiger charge is -2.51. The zero-order chi connectivity index (χ0) is 10.9. The average Bonchev–Trinajstić information content (AvgIpc) is 2.32. The zero-order valence-corrected chi connectivity index (χ0v) is 9.25. The fraction of sp³-hybridized carbons (Fsp3) is 0.909. The van der Waals surface area contributed by atoms with Crippen LogP contribution in [0.4, 0.5) is 0 Å². The summed E-state index contributed by atoms with van der Waals surface area (Å²) in [6, 6.07) is 0. The van der Waals surface area contributed by atoms with Crippen LogP contribution in [0, 0.1) is 5.41 Å². The van der Waals surface area contributed by atoms with E-state index < -0.39 is 0 Å². The van der Waals surface area contributed by atoms with Gasteiger partial charge in [0.1, 0.15) is 0 Å². The van der Waals surface area contributed by atoms with E-state index in [1.165, 1.54) is 0 Å². The second-order valence-corrected chi connectivity index (χ2v) is 4.68. The summed E-state index contributed by atoms with van der Waals surface area (Å²) in [5.41, 5.74) is 5.20. The van der Waals surface area contributed by atoms with Crippen molar-refractivity contribution in [3.63, 3.8) is 0 Å². The quantitative estimate of drug-likeness (QED) is 0.706. The third-order valence-corrected chi connectivity index (χ3v) is 3.85. The summed E-state index contributed by atoms with van der Waals surface area (Å²) in [5.74, 6) is -0.0877. The third-order valence-electron chi connectivity index (χ3n) is 3.85. The van der Waals surface area contributed by atoms with Crippen LogP contribution in [0.5, 0.6) is 0 Å². The molecule has 0 atom stereocenters. The van der Waals surface area contributed by atoms with Crippen molar-refractivity contribution in [2.45, 2.75) is 38.2 Å². The van der Waals surface area contributed by atoms with E-state index in [4.69, 9.17) is 15.2 Å². The molecule has 0 unspecified atom stereocenters. The topological polar surface area (TPSA) is 61.5 Å². The SMILES string of the molecule is CCOC(=O)C12CCC(CN)(CC1)OC2. The molecule has 4 nitrogen and oxygen atoms in total. The highest BCUT2D eigenvalue weighted by Crippen LogP contribution is 2.48. The Morgan fingerprint density at radius 3 is 2.47 bits per heavy atom. The van der Waals surface area contributed by atoms with Gasteiger partial charge in [0.05, 0.1) is 24.2 Å². The summed E-state index contributed by atoms with van der Waals surface area (Å²) in [5, 5.41) is 0. The Hall–Kier alpha value is -0.610. The molecule has 0 amide bonds. The molecule has 2 aliphatic heterocycles. The van der Waals surface area contributed by atoms with Crippen LogP contribution in [0.25, 0.3) is 0 Å². The van der Waals surface area contributed by atoms with Gasteiger partial charge in [0.25, 0.3) is 0 Å². The molecule has 86 valence electrons. The fourth-order valence-corrected chi connectivity index (χ4v) is 2.57. The Kier molecular flexibility index (Phi) is 2.73. The monoisotopic (exact) mass is 213 g/mol. The van der Waals surface area contributed by atoms with Crippen molar-refractivity contribution >= 4 is 5.97 Å². The standard InChI is InChI=1S/C11H19NO3/c1-2-14-9(13)10-3-5-11(7-12,6-4-10)15-8-10/h2-8,12H2,1H3. The predicted molar refractivity (Wildman–Crippen MR) is 55.3 cm³/mol. The van der Waals surface area contributed by atoms with Crippen LogP contribution in [0.3, 0.4) is 0 Å². The van der Waals surface area contributed by atoms with E-state index >= 15 is 0 Å². The van der Waals surface area contributed by atoms with Crippen LogP contribution in [0.1, 0.15) is 32.6 Å². The fourth-order valence-electron chi connectivity index (χ4n) is 2.57. The zero-order valence-electron chi connectivity index (χ0n) is 9.25. The number of esters is 1. The maximum Gasteiger partial charge on any atom is 0.314 e. The van der Waals surface area contributed by atoms with Crippen LogP contribution in [-0.4, -0.2) is 31.3 Å². The number of ether oxygens (including phenoxy) is 2. The molecular weight excluding hydrogens is 194 g/mol. The van der Waals surface area contributed by atoms with Crippen molar-refractivity contribution < 1.29 is 14.3 Å². The van der Waals surface area contributed by atoms with E-state index in [0.29, 0.717) is 19.8 Å². The molecule has 3 fully saturated rings. The highest BCUT2D eigenvalue weighted by molar-refractivity contribution is 5.77. The van der Waals surface area contributed by atoms with Crippen LogP contribution in [-0.2, 0) is 14.3 Å². The average molecular weight is 213 g/mol. The molecule has 2 saturated heterocycles. The second kappa shape index (κ2) is 3.76. The Morgan fingerprint density at radius 1 is 1.40 bits per heavy atom. The van der Waals surface area contributed by atoms with E-state index in [9.17, 15) is 4.79 Å². The van der Waals surface area contributed by atoms with E-state index in [1.54, 1.807) is 0 Å². The highest BCUT2D eigenvalue weighted by Gasteiger charge is 2.53. The van der Waals surface area contributed by atoms with E-state index in [2.05, 4.69) is 0 Å². The maximum atomic E-state index is 11.8. The summed E-state index contributed by atoms with van der Waals surface area (Å²) < 4.78 is 10.9. The lowest BCUT2D eigenvalue weighted by molar-refractivity contribution is -0.202. The number of fused-ring (bicyclic) bond motifs is 3. The van der Waals surface area contributed by atoms with E-state index in [1.807, 2.05) is 6.92 Å². The smallest absolute Gasteiger partial charge is 0.314 e. The van der Waals surface area contributed by atoms with Gasteiger partial charge in [0.2, 0.25) is 0 Å². The molecule has 3 aliphatic rings. The van der Waals surface area contributed by atoms with Gasteiger partial charge in [-0.1, -0.05) is 0 Å². The maximum absolute atomic E-state index is 11.8. The van der Waals surface area contributed by atoms with Crippen molar-refractivity contribution in [1.82, 2.24) is 0 Å². The second-order valence-electron chi connectivity index (χ2n) is 4.68. The molecular formula is C11H19NO3. The number of carbonyl (C=O) groups is 1. The summed E-state index contributed by atoms with van der Waals surface area (Å²) >= 11 is 0. The van der Waals surface area contributed by atoms with Crippen molar-refractivity contribution in [2.75, 3.05) is 19.8 Å². The third kappa shape index (κ3) is 1.66. The van der Waals surface area contributed by atoms with Crippen molar-refractivity contribution in [2.24, 2.45) is 11.1 Å². The molecule has 4 heteroatoms. The van der Waals surface area contributed by atoms with Gasteiger partial charge < -0.3 is 15.2 Å². The van der Waals surface area contributed by atoms with Crippen molar-refractivity contribution in [1.29, 1.82) is 0 Å².